The Labute approximate surface area is 140 Å². The highest BCUT2D eigenvalue weighted by molar-refractivity contribution is 6.05. The van der Waals surface area contributed by atoms with E-state index in [1.54, 1.807) is 6.92 Å². The number of rotatable bonds is 6. The summed E-state index contributed by atoms with van der Waals surface area (Å²) in [6.07, 6.45) is -0.425. The fraction of sp³-hybridized carbons (Fsp3) is 0.529. The second kappa shape index (κ2) is 6.68. The van der Waals surface area contributed by atoms with Gasteiger partial charge in [0.25, 0.3) is 5.69 Å². The van der Waals surface area contributed by atoms with Gasteiger partial charge in [-0.2, -0.15) is 0 Å². The minimum absolute atomic E-state index is 0.131. The van der Waals surface area contributed by atoms with Crippen LogP contribution in [-0.2, 0) is 9.59 Å². The van der Waals surface area contributed by atoms with Gasteiger partial charge < -0.3 is 5.11 Å². The number of hydrogen-bond donors (Lipinski definition) is 1. The van der Waals surface area contributed by atoms with E-state index >= 15 is 0 Å². The molecule has 1 heterocycles. The summed E-state index contributed by atoms with van der Waals surface area (Å²) in [7, 11) is 0. The third-order valence-electron chi connectivity index (χ3n) is 4.28. The third-order valence-corrected chi connectivity index (χ3v) is 4.28. The molecule has 2 amide bonds. The number of β-amino-alcohol motifs (C(OH)–C–C–N with tert-alkyl or cyclic N) is 1. The van der Waals surface area contributed by atoms with Gasteiger partial charge in [-0.1, -0.05) is 32.9 Å². The molecule has 1 N–H and O–H groups in total. The fourth-order valence-corrected chi connectivity index (χ4v) is 3.31. The number of carbonyl (C=O) groups excluding carboxylic acids is 2. The number of carbonyl (C=O) groups is 2. The van der Waals surface area contributed by atoms with E-state index in [2.05, 4.69) is 0 Å². The number of nitrogens with zero attached hydrogens (tertiary/aromatic N) is 2. The lowest BCUT2D eigenvalue weighted by molar-refractivity contribution is -0.385. The van der Waals surface area contributed by atoms with Crippen molar-refractivity contribution in [2.45, 2.75) is 39.7 Å². The second-order valence-corrected chi connectivity index (χ2v) is 7.01. The maximum Gasteiger partial charge on any atom is 0.269 e. The molecule has 0 bridgehead atoms. The van der Waals surface area contributed by atoms with Crippen LogP contribution in [0.4, 0.5) is 5.69 Å². The lowest BCUT2D eigenvalue weighted by atomic mass is 9.80. The molecular formula is C17H22N2O5. The summed E-state index contributed by atoms with van der Waals surface area (Å²) < 4.78 is 0. The number of nitro groups is 1. The van der Waals surface area contributed by atoms with Crippen molar-refractivity contribution < 1.29 is 19.6 Å². The van der Waals surface area contributed by atoms with E-state index in [4.69, 9.17) is 0 Å². The highest BCUT2D eigenvalue weighted by Crippen LogP contribution is 2.39. The summed E-state index contributed by atoms with van der Waals surface area (Å²) >= 11 is 0. The summed E-state index contributed by atoms with van der Waals surface area (Å²) in [5, 5.41) is 21.1. The van der Waals surface area contributed by atoms with E-state index in [-0.39, 0.29) is 36.4 Å². The van der Waals surface area contributed by atoms with Crippen LogP contribution in [0.1, 0.15) is 45.3 Å². The number of hydrogen-bond acceptors (Lipinski definition) is 5. The maximum absolute atomic E-state index is 12.6. The molecule has 1 saturated heterocycles. The molecule has 1 aliphatic heterocycles. The SMILES string of the molecule is CC(C)C[C@@]1(C)CC(=O)N(C[C@H](O)c2cccc([N+](=O)[O-])c2)C1=O. The molecule has 1 aromatic rings. The lowest BCUT2D eigenvalue weighted by Gasteiger charge is -2.25. The Morgan fingerprint density at radius 3 is 2.62 bits per heavy atom. The standard InChI is InChI=1S/C17H22N2O5/c1-11(2)8-17(3)9-15(21)18(16(17)22)10-14(20)12-5-4-6-13(7-12)19(23)24/h4-7,11,14,20H,8-10H2,1-3H3/t14-,17-/m0/s1. The van der Waals surface area contributed by atoms with Gasteiger partial charge in [0.15, 0.2) is 0 Å². The van der Waals surface area contributed by atoms with Crippen molar-refractivity contribution in [2.75, 3.05) is 6.54 Å². The minimum Gasteiger partial charge on any atom is -0.387 e. The molecule has 130 valence electrons. The van der Waals surface area contributed by atoms with E-state index in [0.29, 0.717) is 12.0 Å². The number of aliphatic hydroxyl groups excluding tert-OH is 1. The minimum atomic E-state index is -1.15. The van der Waals surface area contributed by atoms with Crippen LogP contribution in [0.3, 0.4) is 0 Å². The Kier molecular flexibility index (Phi) is 5.03. The summed E-state index contributed by atoms with van der Waals surface area (Å²) in [5.74, 6) is -0.327. The van der Waals surface area contributed by atoms with Crippen molar-refractivity contribution in [1.82, 2.24) is 4.90 Å². The van der Waals surface area contributed by atoms with Gasteiger partial charge in [-0.15, -0.1) is 0 Å². The Bertz CT molecular complexity index is 673. The van der Waals surface area contributed by atoms with E-state index in [1.165, 1.54) is 24.3 Å². The van der Waals surface area contributed by atoms with Crippen molar-refractivity contribution in [2.24, 2.45) is 11.3 Å². The zero-order chi connectivity index (χ0) is 18.1. The third kappa shape index (κ3) is 3.62. The van der Waals surface area contributed by atoms with Crippen LogP contribution in [0.25, 0.3) is 0 Å². The van der Waals surface area contributed by atoms with E-state index < -0.39 is 16.4 Å². The number of nitro benzene ring substituents is 1. The largest absolute Gasteiger partial charge is 0.387 e. The average Bonchev–Trinajstić information content (AvgIpc) is 2.69. The molecule has 1 aliphatic rings. The molecule has 2 atom stereocenters. The zero-order valence-electron chi connectivity index (χ0n) is 14.1. The van der Waals surface area contributed by atoms with Gasteiger partial charge in [0.1, 0.15) is 0 Å². The van der Waals surface area contributed by atoms with Crippen molar-refractivity contribution >= 4 is 17.5 Å². The van der Waals surface area contributed by atoms with Gasteiger partial charge in [-0.3, -0.25) is 24.6 Å². The van der Waals surface area contributed by atoms with Gasteiger partial charge >= 0.3 is 0 Å². The smallest absolute Gasteiger partial charge is 0.269 e. The van der Waals surface area contributed by atoms with Crippen LogP contribution in [0.5, 0.6) is 0 Å². The number of aliphatic hydroxyl groups is 1. The number of amides is 2. The van der Waals surface area contributed by atoms with E-state index in [0.717, 1.165) is 4.90 Å². The quantitative estimate of drug-likeness (QED) is 0.489. The molecule has 7 heteroatoms. The van der Waals surface area contributed by atoms with Crippen LogP contribution in [-0.4, -0.2) is 33.3 Å². The molecule has 0 saturated carbocycles. The normalized spacial score (nSPS) is 22.3. The maximum atomic E-state index is 12.6. The van der Waals surface area contributed by atoms with Crippen LogP contribution < -0.4 is 0 Å². The molecule has 0 aliphatic carbocycles. The van der Waals surface area contributed by atoms with Crippen molar-refractivity contribution in [3.05, 3.63) is 39.9 Å². The van der Waals surface area contributed by atoms with Gasteiger partial charge in [-0.25, -0.2) is 0 Å². The van der Waals surface area contributed by atoms with Crippen molar-refractivity contribution in [3.63, 3.8) is 0 Å². The van der Waals surface area contributed by atoms with Gasteiger partial charge in [-0.05, 0) is 17.9 Å². The first-order valence-electron chi connectivity index (χ1n) is 7.91. The number of imide groups is 1. The molecule has 0 aromatic heterocycles. The molecule has 1 aromatic carbocycles. The first-order chi connectivity index (χ1) is 11.1. The molecule has 2 rings (SSSR count). The van der Waals surface area contributed by atoms with E-state index in [9.17, 15) is 24.8 Å². The predicted octanol–water partition coefficient (Wildman–Crippen LogP) is 2.44. The zero-order valence-corrected chi connectivity index (χ0v) is 14.1. The topological polar surface area (TPSA) is 101 Å². The Hall–Kier alpha value is -2.28. The first-order valence-corrected chi connectivity index (χ1v) is 7.91. The Morgan fingerprint density at radius 1 is 1.38 bits per heavy atom. The summed E-state index contributed by atoms with van der Waals surface area (Å²) in [4.78, 5) is 36.1. The van der Waals surface area contributed by atoms with Gasteiger partial charge in [0.05, 0.1) is 23.0 Å². The molecular weight excluding hydrogens is 312 g/mol. The first kappa shape index (κ1) is 18.1. The average molecular weight is 334 g/mol. The number of benzene rings is 1. The lowest BCUT2D eigenvalue weighted by Crippen LogP contribution is -2.37. The van der Waals surface area contributed by atoms with Crippen LogP contribution in [0.2, 0.25) is 0 Å². The summed E-state index contributed by atoms with van der Waals surface area (Å²) in [5.41, 5.74) is -0.578. The highest BCUT2D eigenvalue weighted by Gasteiger charge is 2.48. The second-order valence-electron chi connectivity index (χ2n) is 7.01. The van der Waals surface area contributed by atoms with Crippen LogP contribution in [0, 0.1) is 21.4 Å². The molecule has 0 spiro atoms. The van der Waals surface area contributed by atoms with E-state index in [1.807, 2.05) is 13.8 Å². The van der Waals surface area contributed by atoms with Crippen molar-refractivity contribution in [1.29, 1.82) is 0 Å². The van der Waals surface area contributed by atoms with Crippen LogP contribution >= 0.6 is 0 Å². The summed E-state index contributed by atoms with van der Waals surface area (Å²) in [6.45, 7) is 5.56. The number of likely N-dealkylation sites (tertiary alicyclic amines) is 1. The monoisotopic (exact) mass is 334 g/mol. The Balaban J connectivity index is 2.15. The summed E-state index contributed by atoms with van der Waals surface area (Å²) in [6, 6.07) is 5.58. The number of non-ortho nitro benzene ring substituents is 1. The fourth-order valence-electron chi connectivity index (χ4n) is 3.31. The highest BCUT2D eigenvalue weighted by atomic mass is 16.6. The molecule has 1 fully saturated rings. The van der Waals surface area contributed by atoms with Gasteiger partial charge in [0.2, 0.25) is 11.8 Å². The predicted molar refractivity (Wildman–Crippen MR) is 87.0 cm³/mol. The Morgan fingerprint density at radius 2 is 2.04 bits per heavy atom. The molecule has 7 nitrogen and oxygen atoms in total. The van der Waals surface area contributed by atoms with Gasteiger partial charge in [0, 0.05) is 18.6 Å². The van der Waals surface area contributed by atoms with Crippen LogP contribution in [0.15, 0.2) is 24.3 Å². The molecule has 24 heavy (non-hydrogen) atoms. The molecule has 0 radical (unpaired) electrons. The molecule has 0 unspecified atom stereocenters. The van der Waals surface area contributed by atoms with Crippen molar-refractivity contribution in [3.8, 4) is 0 Å².